The summed E-state index contributed by atoms with van der Waals surface area (Å²) in [6, 6.07) is 0. The maximum Gasteiger partial charge on any atom is 0.306 e. The van der Waals surface area contributed by atoms with E-state index in [1.165, 1.54) is 19.3 Å². The molecule has 1 fully saturated rings. The van der Waals surface area contributed by atoms with Gasteiger partial charge in [0.05, 0.1) is 0 Å². The number of carbonyl (C=O) groups is 1. The Morgan fingerprint density at radius 1 is 1.31 bits per heavy atom. The van der Waals surface area contributed by atoms with Gasteiger partial charge in [0, 0.05) is 6.42 Å². The fourth-order valence-electron chi connectivity index (χ4n) is 2.44. The second kappa shape index (κ2) is 7.66. The molecule has 1 aliphatic carbocycles. The van der Waals surface area contributed by atoms with E-state index in [1.54, 1.807) is 0 Å². The van der Waals surface area contributed by atoms with Gasteiger partial charge >= 0.3 is 5.97 Å². The Hall–Kier alpha value is -0.570. The highest BCUT2D eigenvalue weighted by molar-refractivity contribution is 5.69. The molecule has 3 heteroatoms. The molecule has 0 bridgehead atoms. The highest BCUT2D eigenvalue weighted by atomic mass is 16.5. The first-order chi connectivity index (χ1) is 7.77. The Balaban J connectivity index is 2.25. The number of carbonyl (C=O) groups excluding carboxylic acids is 1. The molecule has 3 nitrogen and oxygen atoms in total. The summed E-state index contributed by atoms with van der Waals surface area (Å²) in [7, 11) is 0. The van der Waals surface area contributed by atoms with Crippen LogP contribution in [0.1, 0.15) is 58.3 Å². The lowest BCUT2D eigenvalue weighted by atomic mass is 9.85. The van der Waals surface area contributed by atoms with Gasteiger partial charge in [0.25, 0.3) is 0 Å². The third kappa shape index (κ3) is 4.52. The van der Waals surface area contributed by atoms with Crippen molar-refractivity contribution < 1.29 is 9.53 Å². The van der Waals surface area contributed by atoms with E-state index in [0.717, 1.165) is 25.7 Å². The zero-order chi connectivity index (χ0) is 11.8. The summed E-state index contributed by atoms with van der Waals surface area (Å²) in [5.41, 5.74) is 5.39. The van der Waals surface area contributed by atoms with E-state index in [9.17, 15) is 4.79 Å². The van der Waals surface area contributed by atoms with Crippen LogP contribution in [0.2, 0.25) is 0 Å². The summed E-state index contributed by atoms with van der Waals surface area (Å²) in [6.45, 7) is 2.85. The van der Waals surface area contributed by atoms with E-state index in [2.05, 4.69) is 6.92 Å². The maximum absolute atomic E-state index is 11.6. The smallest absolute Gasteiger partial charge is 0.306 e. The monoisotopic (exact) mass is 227 g/mol. The lowest BCUT2D eigenvalue weighted by molar-refractivity contribution is -0.153. The van der Waals surface area contributed by atoms with Crippen molar-refractivity contribution in [1.82, 2.24) is 0 Å². The molecule has 0 aromatic rings. The first-order valence-corrected chi connectivity index (χ1v) is 6.67. The first kappa shape index (κ1) is 13.5. The van der Waals surface area contributed by atoms with Crippen LogP contribution in [0.5, 0.6) is 0 Å². The molecule has 0 aliphatic heterocycles. The number of ether oxygens (including phenoxy) is 1. The molecule has 2 atom stereocenters. The summed E-state index contributed by atoms with van der Waals surface area (Å²) >= 11 is 0. The van der Waals surface area contributed by atoms with Crippen LogP contribution < -0.4 is 5.73 Å². The Morgan fingerprint density at radius 3 is 2.75 bits per heavy atom. The Morgan fingerprint density at radius 2 is 2.06 bits per heavy atom. The van der Waals surface area contributed by atoms with E-state index in [1.807, 2.05) is 0 Å². The predicted octanol–water partition coefficient (Wildman–Crippen LogP) is 2.63. The molecule has 1 saturated carbocycles. The van der Waals surface area contributed by atoms with Crippen molar-refractivity contribution in [2.45, 2.75) is 64.4 Å². The van der Waals surface area contributed by atoms with Gasteiger partial charge in [-0.05, 0) is 51.0 Å². The Kier molecular flexibility index (Phi) is 6.46. The van der Waals surface area contributed by atoms with Crippen molar-refractivity contribution in [1.29, 1.82) is 0 Å². The van der Waals surface area contributed by atoms with Crippen LogP contribution in [0, 0.1) is 5.92 Å². The highest BCUT2D eigenvalue weighted by Crippen LogP contribution is 2.29. The van der Waals surface area contributed by atoms with E-state index in [4.69, 9.17) is 10.5 Å². The number of unbranched alkanes of at least 4 members (excludes halogenated alkanes) is 1. The second-order valence-corrected chi connectivity index (χ2v) is 4.73. The molecule has 0 heterocycles. The molecule has 2 N–H and O–H groups in total. The van der Waals surface area contributed by atoms with Crippen molar-refractivity contribution in [2.24, 2.45) is 11.7 Å². The van der Waals surface area contributed by atoms with Crippen molar-refractivity contribution in [2.75, 3.05) is 6.54 Å². The van der Waals surface area contributed by atoms with Crippen LogP contribution in [0.25, 0.3) is 0 Å². The summed E-state index contributed by atoms with van der Waals surface area (Å²) in [5.74, 6) is 0.561. The molecular weight excluding hydrogens is 202 g/mol. The lowest BCUT2D eigenvalue weighted by Crippen LogP contribution is -2.29. The molecule has 0 radical (unpaired) electrons. The van der Waals surface area contributed by atoms with Gasteiger partial charge in [-0.15, -0.1) is 0 Å². The molecule has 0 saturated heterocycles. The average Bonchev–Trinajstić information content (AvgIpc) is 2.30. The highest BCUT2D eigenvalue weighted by Gasteiger charge is 2.26. The summed E-state index contributed by atoms with van der Waals surface area (Å²) in [6.07, 6.45) is 8.39. The largest absolute Gasteiger partial charge is 0.462 e. The van der Waals surface area contributed by atoms with Gasteiger partial charge in [-0.3, -0.25) is 4.79 Å². The average molecular weight is 227 g/mol. The summed E-state index contributed by atoms with van der Waals surface area (Å²) in [4.78, 5) is 11.6. The summed E-state index contributed by atoms with van der Waals surface area (Å²) in [5, 5.41) is 0. The maximum atomic E-state index is 11.6. The molecule has 0 aromatic carbocycles. The van der Waals surface area contributed by atoms with Crippen molar-refractivity contribution >= 4 is 5.97 Å². The minimum absolute atomic E-state index is 0.0289. The molecular formula is C13H25NO2. The molecule has 2 unspecified atom stereocenters. The molecule has 1 rings (SSSR count). The van der Waals surface area contributed by atoms with Crippen LogP contribution in [-0.2, 0) is 9.53 Å². The van der Waals surface area contributed by atoms with E-state index in [0.29, 0.717) is 18.9 Å². The first-order valence-electron chi connectivity index (χ1n) is 6.67. The van der Waals surface area contributed by atoms with Crippen LogP contribution >= 0.6 is 0 Å². The molecule has 0 aromatic heterocycles. The third-order valence-electron chi connectivity index (χ3n) is 3.48. The number of hydrogen-bond acceptors (Lipinski definition) is 3. The molecule has 0 spiro atoms. The van der Waals surface area contributed by atoms with Gasteiger partial charge in [-0.1, -0.05) is 13.3 Å². The quantitative estimate of drug-likeness (QED) is 0.560. The Bertz CT molecular complexity index is 206. The van der Waals surface area contributed by atoms with Gasteiger partial charge in [0.15, 0.2) is 0 Å². The zero-order valence-corrected chi connectivity index (χ0v) is 10.4. The van der Waals surface area contributed by atoms with Gasteiger partial charge < -0.3 is 10.5 Å². The molecule has 1 aliphatic rings. The number of hydrogen-bond donors (Lipinski definition) is 1. The van der Waals surface area contributed by atoms with Gasteiger partial charge in [-0.25, -0.2) is 0 Å². The minimum atomic E-state index is -0.0289. The Labute approximate surface area is 98.7 Å². The lowest BCUT2D eigenvalue weighted by Gasteiger charge is -2.30. The van der Waals surface area contributed by atoms with Crippen LogP contribution in [0.3, 0.4) is 0 Å². The van der Waals surface area contributed by atoms with Gasteiger partial charge in [0.2, 0.25) is 0 Å². The SMILES string of the molecule is CCC1CCCCC1OC(=O)CCCCN. The normalized spacial score (nSPS) is 25.4. The summed E-state index contributed by atoms with van der Waals surface area (Å²) < 4.78 is 5.56. The number of nitrogens with two attached hydrogens (primary N) is 1. The predicted molar refractivity (Wildman–Crippen MR) is 65.0 cm³/mol. The standard InChI is InChI=1S/C13H25NO2/c1-2-11-7-3-4-8-12(11)16-13(15)9-5-6-10-14/h11-12H,2-10,14H2,1H3. The minimum Gasteiger partial charge on any atom is -0.462 e. The second-order valence-electron chi connectivity index (χ2n) is 4.73. The van der Waals surface area contributed by atoms with Crippen LogP contribution in [0.4, 0.5) is 0 Å². The van der Waals surface area contributed by atoms with E-state index in [-0.39, 0.29) is 12.1 Å². The van der Waals surface area contributed by atoms with Crippen LogP contribution in [-0.4, -0.2) is 18.6 Å². The molecule has 0 amide bonds. The number of esters is 1. The molecule has 94 valence electrons. The zero-order valence-electron chi connectivity index (χ0n) is 10.4. The van der Waals surface area contributed by atoms with Crippen molar-refractivity contribution in [3.63, 3.8) is 0 Å². The molecule has 16 heavy (non-hydrogen) atoms. The van der Waals surface area contributed by atoms with Crippen molar-refractivity contribution in [3.8, 4) is 0 Å². The number of rotatable bonds is 6. The fourth-order valence-corrected chi connectivity index (χ4v) is 2.44. The van der Waals surface area contributed by atoms with Crippen LogP contribution in [0.15, 0.2) is 0 Å². The fraction of sp³-hybridized carbons (Fsp3) is 0.923. The topological polar surface area (TPSA) is 52.3 Å². The van der Waals surface area contributed by atoms with Crippen molar-refractivity contribution in [3.05, 3.63) is 0 Å². The van der Waals surface area contributed by atoms with E-state index >= 15 is 0 Å². The van der Waals surface area contributed by atoms with Gasteiger partial charge in [0.1, 0.15) is 6.10 Å². The third-order valence-corrected chi connectivity index (χ3v) is 3.48. The van der Waals surface area contributed by atoms with Gasteiger partial charge in [-0.2, -0.15) is 0 Å². The van der Waals surface area contributed by atoms with E-state index < -0.39 is 0 Å².